The van der Waals surface area contributed by atoms with E-state index in [2.05, 4.69) is 20.5 Å². The van der Waals surface area contributed by atoms with E-state index in [9.17, 15) is 5.11 Å². The third kappa shape index (κ3) is 4.11. The van der Waals surface area contributed by atoms with E-state index in [1.54, 1.807) is 37.6 Å². The lowest BCUT2D eigenvalue weighted by molar-refractivity contribution is 0.415. The first-order chi connectivity index (χ1) is 12.2. The topological polar surface area (TPSA) is 79.6 Å². The van der Waals surface area contributed by atoms with Crippen LogP contribution >= 0.6 is 0 Å². The minimum atomic E-state index is 0.140. The second-order valence-electron chi connectivity index (χ2n) is 5.38. The number of anilines is 1. The summed E-state index contributed by atoms with van der Waals surface area (Å²) in [5.74, 6) is 1.93. The average molecular weight is 334 g/mol. The Bertz CT molecular complexity index is 892. The number of aryl methyl sites for hydroxylation is 1. The van der Waals surface area contributed by atoms with Crippen molar-refractivity contribution >= 4 is 12.0 Å². The van der Waals surface area contributed by atoms with E-state index in [1.165, 1.54) is 0 Å². The Hall–Kier alpha value is -3.41. The summed E-state index contributed by atoms with van der Waals surface area (Å²) in [5, 5.41) is 14.2. The lowest BCUT2D eigenvalue weighted by atomic mass is 10.2. The molecule has 6 heteroatoms. The summed E-state index contributed by atoms with van der Waals surface area (Å²) < 4.78 is 5.12. The molecular weight excluding hydrogens is 316 g/mol. The molecule has 3 aromatic rings. The van der Waals surface area contributed by atoms with Gasteiger partial charge in [0.05, 0.1) is 18.9 Å². The number of hydrogen-bond donors (Lipinski definition) is 2. The van der Waals surface area contributed by atoms with Crippen LogP contribution < -0.4 is 10.2 Å². The van der Waals surface area contributed by atoms with E-state index in [0.717, 1.165) is 17.0 Å². The zero-order chi connectivity index (χ0) is 17.6. The van der Waals surface area contributed by atoms with Gasteiger partial charge in [0, 0.05) is 11.8 Å². The number of benzene rings is 2. The van der Waals surface area contributed by atoms with Gasteiger partial charge in [-0.15, -0.1) is 0 Å². The zero-order valence-electron chi connectivity index (χ0n) is 14.0. The van der Waals surface area contributed by atoms with Gasteiger partial charge in [-0.25, -0.2) is 9.97 Å². The number of hydrazone groups is 1. The molecule has 0 aliphatic carbocycles. The average Bonchev–Trinajstić information content (AvgIpc) is 2.62. The number of nitrogens with zero attached hydrogens (tertiary/aromatic N) is 3. The Morgan fingerprint density at radius 1 is 1.08 bits per heavy atom. The number of methoxy groups -OCH3 is 1. The summed E-state index contributed by atoms with van der Waals surface area (Å²) in [4.78, 5) is 8.78. The predicted octanol–water partition coefficient (Wildman–Crippen LogP) is 3.61. The van der Waals surface area contributed by atoms with Crippen molar-refractivity contribution < 1.29 is 9.84 Å². The Morgan fingerprint density at radius 2 is 1.84 bits per heavy atom. The molecule has 2 N–H and O–H groups in total. The van der Waals surface area contributed by atoms with E-state index < -0.39 is 0 Å². The Morgan fingerprint density at radius 3 is 2.56 bits per heavy atom. The number of hydrogen-bond acceptors (Lipinski definition) is 6. The van der Waals surface area contributed by atoms with Gasteiger partial charge >= 0.3 is 0 Å². The number of phenols is 1. The molecule has 0 unspecified atom stereocenters. The molecule has 0 bridgehead atoms. The molecule has 25 heavy (non-hydrogen) atoms. The fourth-order valence-corrected chi connectivity index (χ4v) is 2.27. The lowest BCUT2D eigenvalue weighted by Gasteiger charge is -2.07. The van der Waals surface area contributed by atoms with Gasteiger partial charge in [0.2, 0.25) is 0 Å². The van der Waals surface area contributed by atoms with Gasteiger partial charge in [0.25, 0.3) is 0 Å². The van der Waals surface area contributed by atoms with Crippen molar-refractivity contribution in [3.8, 4) is 22.9 Å². The molecule has 0 atom stereocenters. The molecule has 0 fully saturated rings. The van der Waals surface area contributed by atoms with Crippen molar-refractivity contribution in [2.45, 2.75) is 6.92 Å². The summed E-state index contributed by atoms with van der Waals surface area (Å²) in [6.45, 7) is 1.86. The van der Waals surface area contributed by atoms with Gasteiger partial charge in [-0.1, -0.05) is 12.1 Å². The summed E-state index contributed by atoms with van der Waals surface area (Å²) in [6, 6.07) is 16.3. The Labute approximate surface area is 145 Å². The highest BCUT2D eigenvalue weighted by atomic mass is 16.5. The largest absolute Gasteiger partial charge is 0.507 e. The van der Waals surface area contributed by atoms with Crippen LogP contribution in [0, 0.1) is 6.92 Å². The molecule has 6 nitrogen and oxygen atoms in total. The van der Waals surface area contributed by atoms with Crippen LogP contribution in [0.25, 0.3) is 11.4 Å². The van der Waals surface area contributed by atoms with Crippen molar-refractivity contribution in [2.75, 3.05) is 12.5 Å². The standard InChI is InChI=1S/C19H18N4O2/c1-13-11-18(22-19(21-13)16-5-3-4-6-17(16)24)23-20-12-14-7-9-15(25-2)10-8-14/h3-12,24H,1-2H3,(H,21,22,23). The molecule has 2 aromatic carbocycles. The van der Waals surface area contributed by atoms with Crippen LogP contribution in [0.15, 0.2) is 59.7 Å². The number of para-hydroxylation sites is 1. The highest BCUT2D eigenvalue weighted by Crippen LogP contribution is 2.26. The third-order valence-electron chi connectivity index (χ3n) is 3.51. The zero-order valence-corrected chi connectivity index (χ0v) is 14.0. The molecule has 0 radical (unpaired) electrons. The maximum atomic E-state index is 9.97. The Balaban J connectivity index is 1.78. The van der Waals surface area contributed by atoms with Crippen LogP contribution in [-0.2, 0) is 0 Å². The first kappa shape index (κ1) is 16.4. The first-order valence-electron chi connectivity index (χ1n) is 7.73. The van der Waals surface area contributed by atoms with Crippen LogP contribution in [0.5, 0.6) is 11.5 Å². The number of nitrogens with one attached hydrogen (secondary N) is 1. The molecule has 0 saturated heterocycles. The van der Waals surface area contributed by atoms with E-state index >= 15 is 0 Å². The lowest BCUT2D eigenvalue weighted by Crippen LogP contribution is -1.99. The molecule has 0 aliphatic rings. The van der Waals surface area contributed by atoms with Gasteiger partial charge < -0.3 is 9.84 Å². The highest BCUT2D eigenvalue weighted by Gasteiger charge is 2.08. The van der Waals surface area contributed by atoms with Gasteiger partial charge in [0.15, 0.2) is 11.6 Å². The minimum absolute atomic E-state index is 0.140. The molecule has 1 aromatic heterocycles. The monoisotopic (exact) mass is 334 g/mol. The van der Waals surface area contributed by atoms with Crippen molar-refractivity contribution in [3.63, 3.8) is 0 Å². The normalized spacial score (nSPS) is 10.8. The number of phenolic OH excluding ortho intramolecular Hbond substituents is 1. The van der Waals surface area contributed by atoms with Gasteiger partial charge in [-0.2, -0.15) is 5.10 Å². The van der Waals surface area contributed by atoms with Crippen LogP contribution in [0.3, 0.4) is 0 Å². The van der Waals surface area contributed by atoms with Crippen LogP contribution in [0.4, 0.5) is 5.82 Å². The number of aromatic nitrogens is 2. The van der Waals surface area contributed by atoms with E-state index in [4.69, 9.17) is 4.74 Å². The van der Waals surface area contributed by atoms with Crippen molar-refractivity contribution in [1.82, 2.24) is 9.97 Å². The molecular formula is C19H18N4O2. The van der Waals surface area contributed by atoms with E-state index in [1.807, 2.05) is 37.3 Å². The Kier molecular flexibility index (Phi) is 4.89. The number of rotatable bonds is 5. The number of aromatic hydroxyl groups is 1. The smallest absolute Gasteiger partial charge is 0.165 e. The maximum Gasteiger partial charge on any atom is 0.165 e. The molecule has 0 spiro atoms. The first-order valence-corrected chi connectivity index (χ1v) is 7.73. The highest BCUT2D eigenvalue weighted by molar-refractivity contribution is 5.80. The molecule has 0 amide bonds. The summed E-state index contributed by atoms with van der Waals surface area (Å²) in [6.07, 6.45) is 1.69. The summed E-state index contributed by atoms with van der Waals surface area (Å²) >= 11 is 0. The van der Waals surface area contributed by atoms with Crippen LogP contribution in [0.1, 0.15) is 11.3 Å². The SMILES string of the molecule is COc1ccc(C=NNc2cc(C)nc(-c3ccccc3O)n2)cc1. The van der Waals surface area contributed by atoms with E-state index in [-0.39, 0.29) is 5.75 Å². The van der Waals surface area contributed by atoms with Crippen molar-refractivity contribution in [3.05, 3.63) is 65.9 Å². The van der Waals surface area contributed by atoms with Crippen molar-refractivity contribution in [2.24, 2.45) is 5.10 Å². The van der Waals surface area contributed by atoms with Crippen LogP contribution in [-0.4, -0.2) is 28.4 Å². The predicted molar refractivity (Wildman–Crippen MR) is 98.1 cm³/mol. The summed E-state index contributed by atoms with van der Waals surface area (Å²) in [5.41, 5.74) is 5.18. The molecule has 0 saturated carbocycles. The third-order valence-corrected chi connectivity index (χ3v) is 3.51. The van der Waals surface area contributed by atoms with Crippen LogP contribution in [0.2, 0.25) is 0 Å². The quantitative estimate of drug-likeness (QED) is 0.550. The number of ether oxygens (including phenoxy) is 1. The van der Waals surface area contributed by atoms with Gasteiger partial charge in [-0.3, -0.25) is 5.43 Å². The van der Waals surface area contributed by atoms with Gasteiger partial charge in [0.1, 0.15) is 11.5 Å². The molecule has 0 aliphatic heterocycles. The molecule has 126 valence electrons. The second kappa shape index (κ2) is 7.44. The maximum absolute atomic E-state index is 9.97. The molecule has 1 heterocycles. The fourth-order valence-electron chi connectivity index (χ4n) is 2.27. The molecule has 3 rings (SSSR count). The van der Waals surface area contributed by atoms with Crippen molar-refractivity contribution in [1.29, 1.82) is 0 Å². The van der Waals surface area contributed by atoms with Gasteiger partial charge in [-0.05, 0) is 48.9 Å². The van der Waals surface area contributed by atoms with E-state index in [0.29, 0.717) is 17.2 Å². The summed E-state index contributed by atoms with van der Waals surface area (Å²) in [7, 11) is 1.63. The second-order valence-corrected chi connectivity index (χ2v) is 5.38. The minimum Gasteiger partial charge on any atom is -0.507 e. The fraction of sp³-hybridized carbons (Fsp3) is 0.105.